The molecular formula is C51H16Cl2F22O4. The minimum absolute atomic E-state index is 0.0525. The van der Waals surface area contributed by atoms with Crippen LogP contribution in [0.3, 0.4) is 0 Å². The van der Waals surface area contributed by atoms with E-state index in [0.717, 1.165) is 48.5 Å². The lowest BCUT2D eigenvalue weighted by Gasteiger charge is -2.38. The first-order chi connectivity index (χ1) is 36.9. The van der Waals surface area contributed by atoms with E-state index in [1.165, 1.54) is 0 Å². The van der Waals surface area contributed by atoms with Crippen LogP contribution in [0.15, 0.2) is 97.1 Å². The van der Waals surface area contributed by atoms with Crippen LogP contribution in [0, 0.1) is 93.1 Å². The van der Waals surface area contributed by atoms with Crippen molar-refractivity contribution in [2.45, 2.75) is 17.8 Å². The molecule has 0 heterocycles. The van der Waals surface area contributed by atoms with Crippen molar-refractivity contribution in [1.29, 1.82) is 0 Å². The summed E-state index contributed by atoms with van der Waals surface area (Å²) in [5.41, 5.74) is -18.5. The highest BCUT2D eigenvalue weighted by atomic mass is 35.5. The van der Waals surface area contributed by atoms with Crippen molar-refractivity contribution in [2.24, 2.45) is 0 Å². The summed E-state index contributed by atoms with van der Waals surface area (Å²) >= 11 is 11.3. The van der Waals surface area contributed by atoms with Gasteiger partial charge in [-0.15, -0.1) is 0 Å². The number of halogens is 24. The molecule has 0 radical (unpaired) electrons. The highest BCUT2D eigenvalue weighted by Crippen LogP contribution is 2.57. The first-order valence-corrected chi connectivity index (χ1v) is 21.7. The van der Waals surface area contributed by atoms with Gasteiger partial charge >= 0.3 is 12.4 Å². The molecule has 28 heteroatoms. The zero-order valence-corrected chi connectivity index (χ0v) is 39.0. The molecule has 0 aliphatic heterocycles. The minimum atomic E-state index is -6.48. The summed E-state index contributed by atoms with van der Waals surface area (Å²) in [6, 6.07) is 8.49. The van der Waals surface area contributed by atoms with Crippen molar-refractivity contribution in [2.75, 3.05) is 0 Å². The molecule has 0 fully saturated rings. The lowest BCUT2D eigenvalue weighted by molar-refractivity contribution is -0.288. The maximum absolute atomic E-state index is 15.4. The molecule has 0 unspecified atom stereocenters. The predicted molar refractivity (Wildman–Crippen MR) is 232 cm³/mol. The predicted octanol–water partition coefficient (Wildman–Crippen LogP) is 19.1. The molecule has 0 amide bonds. The Kier molecular flexibility index (Phi) is 15.2. The number of benzene rings is 8. The van der Waals surface area contributed by atoms with E-state index in [1.54, 1.807) is 0 Å². The summed E-state index contributed by atoms with van der Waals surface area (Å²) in [5.74, 6) is -54.3. The van der Waals surface area contributed by atoms with Crippen LogP contribution >= 0.6 is 23.2 Å². The Morgan fingerprint density at radius 3 is 0.570 bits per heavy atom. The Hall–Kier alpha value is -8.00. The second kappa shape index (κ2) is 21.0. The maximum Gasteiger partial charge on any atom is 0.411 e. The smallest absolute Gasteiger partial charge is 0.411 e. The van der Waals surface area contributed by atoms with Crippen LogP contribution in [0.1, 0.15) is 11.1 Å². The molecule has 0 aliphatic rings. The fourth-order valence-electron chi connectivity index (χ4n) is 7.69. The molecule has 0 saturated heterocycles. The third-order valence-electron chi connectivity index (χ3n) is 11.3. The van der Waals surface area contributed by atoms with Crippen molar-refractivity contribution in [3.8, 4) is 68.2 Å². The second-order valence-corrected chi connectivity index (χ2v) is 16.8. The van der Waals surface area contributed by atoms with E-state index < -0.39 is 190 Å². The fraction of sp³-hybridized carbons (Fsp3) is 0.0588. The van der Waals surface area contributed by atoms with Gasteiger partial charge in [-0.1, -0.05) is 47.5 Å². The third-order valence-corrected chi connectivity index (χ3v) is 11.8. The van der Waals surface area contributed by atoms with Gasteiger partial charge in [-0.05, 0) is 83.9 Å². The molecule has 0 spiro atoms. The second-order valence-electron chi connectivity index (χ2n) is 16.0. The Labute approximate surface area is 435 Å². The number of hydrogen-bond donors (Lipinski definition) is 0. The molecule has 0 saturated carbocycles. The van der Waals surface area contributed by atoms with Gasteiger partial charge < -0.3 is 18.9 Å². The lowest BCUT2D eigenvalue weighted by atomic mass is 9.73. The van der Waals surface area contributed by atoms with Gasteiger partial charge in [0.2, 0.25) is 75.0 Å². The quantitative estimate of drug-likeness (QED) is 0.0902. The van der Waals surface area contributed by atoms with Crippen molar-refractivity contribution >= 4 is 23.2 Å². The SMILES string of the molecule is Fc1c(F)c(-c2c(F)c(F)c(Oc3ccc(C(c4ccc(Oc5c(F)c(F)c(-c6c(F)c(F)c(Oc7ccc(Cl)cc7)c(F)c6F)c(F)c5F)cc4)(C(F)(F)F)C(F)(F)F)cc3)c(F)c2F)c(F)c(F)c1Oc1ccc(Cl)cc1. The zero-order valence-electron chi connectivity index (χ0n) is 37.4. The van der Waals surface area contributed by atoms with E-state index in [9.17, 15) is 26.3 Å². The number of rotatable bonds is 12. The van der Waals surface area contributed by atoms with E-state index in [1.807, 2.05) is 0 Å². The summed E-state index contributed by atoms with van der Waals surface area (Å²) in [6.07, 6.45) is -13.0. The van der Waals surface area contributed by atoms with Gasteiger partial charge in [-0.25, -0.2) is 35.1 Å². The third kappa shape index (κ3) is 9.77. The maximum atomic E-state index is 15.4. The van der Waals surface area contributed by atoms with Gasteiger partial charge in [0.25, 0.3) is 0 Å². The molecule has 0 atom stereocenters. The van der Waals surface area contributed by atoms with E-state index in [2.05, 4.69) is 9.47 Å². The van der Waals surface area contributed by atoms with Crippen LogP contribution in [-0.2, 0) is 5.41 Å². The number of ether oxygens (including phenoxy) is 4. The van der Waals surface area contributed by atoms with Gasteiger partial charge in [-0.3, -0.25) is 0 Å². The van der Waals surface area contributed by atoms with Gasteiger partial charge in [0, 0.05) is 10.0 Å². The van der Waals surface area contributed by atoms with E-state index in [4.69, 9.17) is 32.7 Å². The van der Waals surface area contributed by atoms with Gasteiger partial charge in [0.05, 0.1) is 22.3 Å². The average molecular weight is 1180 g/mol. The largest absolute Gasteiger partial charge is 0.451 e. The van der Waals surface area contributed by atoms with Crippen molar-refractivity contribution in [3.05, 3.63) is 211 Å². The minimum Gasteiger partial charge on any atom is -0.451 e. The van der Waals surface area contributed by atoms with Gasteiger partial charge in [-0.2, -0.15) is 61.5 Å². The summed E-state index contributed by atoms with van der Waals surface area (Å²) in [6.45, 7) is 0. The van der Waals surface area contributed by atoms with E-state index in [0.29, 0.717) is 0 Å². The molecule has 0 aromatic heterocycles. The summed E-state index contributed by atoms with van der Waals surface area (Å²) in [7, 11) is 0. The highest BCUT2D eigenvalue weighted by Gasteiger charge is 2.72. The van der Waals surface area contributed by atoms with Crippen LogP contribution in [0.4, 0.5) is 96.6 Å². The Morgan fingerprint density at radius 2 is 0.405 bits per heavy atom. The molecule has 8 rings (SSSR count). The number of hydrogen-bond acceptors (Lipinski definition) is 4. The van der Waals surface area contributed by atoms with Crippen LogP contribution in [0.5, 0.6) is 46.0 Å². The lowest BCUT2D eigenvalue weighted by Crippen LogP contribution is -2.54. The molecule has 0 aliphatic carbocycles. The van der Waals surface area contributed by atoms with E-state index in [-0.39, 0.29) is 58.6 Å². The van der Waals surface area contributed by atoms with Gasteiger partial charge in [0.1, 0.15) is 23.0 Å². The Morgan fingerprint density at radius 1 is 0.241 bits per heavy atom. The van der Waals surface area contributed by atoms with Crippen LogP contribution < -0.4 is 18.9 Å². The molecule has 4 nitrogen and oxygen atoms in total. The fourth-order valence-corrected chi connectivity index (χ4v) is 7.94. The van der Waals surface area contributed by atoms with Crippen molar-refractivity contribution in [3.63, 3.8) is 0 Å². The molecule has 8 aromatic rings. The number of alkyl halides is 6. The Balaban J connectivity index is 1.10. The molecule has 0 N–H and O–H groups in total. The molecular weight excluding hydrogens is 1170 g/mol. The van der Waals surface area contributed by atoms with Gasteiger partial charge in [0.15, 0.2) is 46.5 Å². The van der Waals surface area contributed by atoms with Crippen LogP contribution in [0.2, 0.25) is 10.0 Å². The highest BCUT2D eigenvalue weighted by molar-refractivity contribution is 6.30. The Bertz CT molecular complexity index is 3360. The van der Waals surface area contributed by atoms with Crippen molar-refractivity contribution < 1.29 is 116 Å². The molecule has 79 heavy (non-hydrogen) atoms. The van der Waals surface area contributed by atoms with Crippen LogP contribution in [0.25, 0.3) is 22.3 Å². The summed E-state index contributed by atoms with van der Waals surface area (Å²) < 4.78 is 353. The normalized spacial score (nSPS) is 12.1. The zero-order chi connectivity index (χ0) is 58.1. The first kappa shape index (κ1) is 57.2. The average Bonchev–Trinajstić information content (AvgIpc) is 3.59. The molecule has 8 aromatic carbocycles. The summed E-state index contributed by atoms with van der Waals surface area (Å²) in [4.78, 5) is 0. The monoisotopic (exact) mass is 1180 g/mol. The van der Waals surface area contributed by atoms with E-state index >= 15 is 70.2 Å². The summed E-state index contributed by atoms with van der Waals surface area (Å²) in [5, 5.41) is 0.115. The first-order valence-electron chi connectivity index (χ1n) is 21.0. The van der Waals surface area contributed by atoms with Crippen LogP contribution in [-0.4, -0.2) is 12.4 Å². The standard InChI is InChI=1S/C51H16Cl2F22O4/c52-19-5-13-23(14-6-19)78-47-41(66)33(58)27(34(59)42(47)67)25-29(54)37(62)45(38(63)30(25)55)76-21-9-1-17(2-10-21)49(50(70,71)72,51(73,74)75)18-3-11-22(12-4-18)77-46-39(64)31(56)26(32(57)40(46)65)28-35(60)43(68)48(44(69)36(28)61)79-24-15-7-20(53)8-16-24/h1-16H. The molecule has 412 valence electrons. The van der Waals surface area contributed by atoms with Crippen molar-refractivity contribution in [1.82, 2.24) is 0 Å². The molecule has 0 bridgehead atoms. The topological polar surface area (TPSA) is 36.9 Å².